The first-order valence-corrected chi connectivity index (χ1v) is 10.4. The maximum absolute atomic E-state index is 13.9. The summed E-state index contributed by atoms with van der Waals surface area (Å²) in [5.74, 6) is -0.640. The highest BCUT2D eigenvalue weighted by Crippen LogP contribution is 2.32. The van der Waals surface area contributed by atoms with Crippen molar-refractivity contribution < 1.29 is 19.0 Å². The quantitative estimate of drug-likeness (QED) is 0.643. The number of aliphatic hydroxyl groups is 1. The highest BCUT2D eigenvalue weighted by atomic mass is 35.5. The number of nitrogens with zero attached hydrogens (tertiary/aromatic N) is 4. The van der Waals surface area contributed by atoms with Crippen LogP contribution in [0.3, 0.4) is 0 Å². The minimum atomic E-state index is -0.532. The summed E-state index contributed by atoms with van der Waals surface area (Å²) in [6.07, 6.45) is -0.650. The Morgan fingerprint density at radius 2 is 2.16 bits per heavy atom. The number of hydrogen-bond acceptors (Lipinski definition) is 6. The molecule has 5 rings (SSSR count). The summed E-state index contributed by atoms with van der Waals surface area (Å²) in [4.78, 5) is 19.5. The van der Waals surface area contributed by atoms with E-state index >= 15 is 0 Å². The van der Waals surface area contributed by atoms with Crippen LogP contribution in [0.4, 0.5) is 4.39 Å². The van der Waals surface area contributed by atoms with Crippen LogP contribution in [-0.4, -0.2) is 49.4 Å². The van der Waals surface area contributed by atoms with Gasteiger partial charge in [0.2, 0.25) is 0 Å². The fourth-order valence-corrected chi connectivity index (χ4v) is 4.24. The minimum absolute atomic E-state index is 0.145. The maximum Gasteiger partial charge on any atom is 0.258 e. The van der Waals surface area contributed by atoms with Gasteiger partial charge < -0.3 is 14.7 Å². The molecule has 1 aromatic carbocycles. The highest BCUT2D eigenvalue weighted by Gasteiger charge is 2.32. The van der Waals surface area contributed by atoms with Crippen molar-refractivity contribution in [3.8, 4) is 5.75 Å². The average molecular weight is 446 g/mol. The Hall–Kier alpha value is -2.75. The van der Waals surface area contributed by atoms with E-state index in [0.717, 1.165) is 17.0 Å². The fourth-order valence-electron chi connectivity index (χ4n) is 4.12. The number of aliphatic hydroxyl groups excluding tert-OH is 1. The topological polar surface area (TPSA) is 92.0 Å². The van der Waals surface area contributed by atoms with Crippen LogP contribution >= 0.6 is 11.6 Å². The van der Waals surface area contributed by atoms with Crippen molar-refractivity contribution in [1.29, 1.82) is 0 Å². The number of ether oxygens (including phenoxy) is 1. The predicted octanol–water partition coefficient (Wildman–Crippen LogP) is 2.35. The first kappa shape index (κ1) is 20.2. The van der Waals surface area contributed by atoms with Gasteiger partial charge in [0, 0.05) is 24.6 Å². The molecule has 3 aromatic rings. The van der Waals surface area contributed by atoms with Crippen molar-refractivity contribution in [2.24, 2.45) is 0 Å². The molecule has 31 heavy (non-hydrogen) atoms. The highest BCUT2D eigenvalue weighted by molar-refractivity contribution is 6.31. The average Bonchev–Trinajstić information content (AvgIpc) is 3.41. The van der Waals surface area contributed by atoms with E-state index in [1.165, 1.54) is 18.2 Å². The third-order valence-electron chi connectivity index (χ3n) is 5.75. The smallest absolute Gasteiger partial charge is 0.258 e. The van der Waals surface area contributed by atoms with Crippen LogP contribution in [0.25, 0.3) is 5.65 Å². The Balaban J connectivity index is 1.43. The van der Waals surface area contributed by atoms with E-state index in [2.05, 4.69) is 15.4 Å². The van der Waals surface area contributed by atoms with Gasteiger partial charge in [-0.05, 0) is 26.0 Å². The Kier molecular flexibility index (Phi) is 4.84. The zero-order valence-corrected chi connectivity index (χ0v) is 17.8. The van der Waals surface area contributed by atoms with Gasteiger partial charge in [0.25, 0.3) is 5.91 Å². The molecule has 4 heterocycles. The third-order valence-corrected chi connectivity index (χ3v) is 6.30. The molecular weight excluding hydrogens is 425 g/mol. The number of aromatic nitrogens is 3. The number of rotatable bonds is 3. The molecule has 10 heteroatoms. The standard InChI is InChI=1S/C21H21ClFN5O3/c1-10-19(22)11(2)28-20(25-10)15-8-27(9-16(15)26-28)21(30)14-4-3-12(23)5-17(14)31-18-6-13(29)7-24-18/h3-5,13,18,24,29H,6-9H2,1-2H3/t13-,18-/m0/s1. The summed E-state index contributed by atoms with van der Waals surface area (Å²) in [7, 11) is 0. The zero-order valence-electron chi connectivity index (χ0n) is 17.0. The number of carbonyl (C=O) groups is 1. The van der Waals surface area contributed by atoms with Crippen molar-refractivity contribution in [3.05, 3.63) is 57.2 Å². The van der Waals surface area contributed by atoms with E-state index < -0.39 is 18.1 Å². The lowest BCUT2D eigenvalue weighted by atomic mass is 10.1. The van der Waals surface area contributed by atoms with Crippen molar-refractivity contribution >= 4 is 23.2 Å². The molecule has 2 aliphatic rings. The lowest BCUT2D eigenvalue weighted by Gasteiger charge is -2.20. The van der Waals surface area contributed by atoms with E-state index in [9.17, 15) is 14.3 Å². The molecule has 0 bridgehead atoms. The summed E-state index contributed by atoms with van der Waals surface area (Å²) in [6.45, 7) is 4.75. The minimum Gasteiger partial charge on any atom is -0.474 e. The first-order chi connectivity index (χ1) is 14.8. The number of amides is 1. The molecule has 162 valence electrons. The van der Waals surface area contributed by atoms with Gasteiger partial charge in [0.05, 0.1) is 46.9 Å². The molecule has 1 fully saturated rings. The van der Waals surface area contributed by atoms with Gasteiger partial charge >= 0.3 is 0 Å². The SMILES string of the molecule is Cc1nc2c3c(nn2c(C)c1Cl)CN(C(=O)c1ccc(F)cc1O[C@H]1C[C@H](O)CN1)C3. The van der Waals surface area contributed by atoms with Crippen LogP contribution in [-0.2, 0) is 13.1 Å². The van der Waals surface area contributed by atoms with Gasteiger partial charge in [-0.25, -0.2) is 13.9 Å². The number of carbonyl (C=O) groups excluding carboxylic acids is 1. The molecule has 2 N–H and O–H groups in total. The largest absolute Gasteiger partial charge is 0.474 e. The summed E-state index contributed by atoms with van der Waals surface area (Å²) < 4.78 is 21.4. The van der Waals surface area contributed by atoms with Crippen LogP contribution in [0.2, 0.25) is 5.02 Å². The number of halogens is 2. The van der Waals surface area contributed by atoms with E-state index in [4.69, 9.17) is 16.3 Å². The number of nitrogens with one attached hydrogen (secondary N) is 1. The molecule has 0 radical (unpaired) electrons. The van der Waals surface area contributed by atoms with Crippen LogP contribution in [0, 0.1) is 19.7 Å². The van der Waals surface area contributed by atoms with Crippen molar-refractivity contribution in [1.82, 2.24) is 24.8 Å². The predicted molar refractivity (Wildman–Crippen MR) is 110 cm³/mol. The normalized spacial score (nSPS) is 20.5. The Morgan fingerprint density at radius 3 is 2.90 bits per heavy atom. The van der Waals surface area contributed by atoms with Gasteiger partial charge in [0.1, 0.15) is 11.6 Å². The number of fused-ring (bicyclic) bond motifs is 3. The van der Waals surface area contributed by atoms with Crippen LogP contribution in [0.1, 0.15) is 39.4 Å². The first-order valence-electron chi connectivity index (χ1n) is 10.0. The van der Waals surface area contributed by atoms with E-state index in [1.54, 1.807) is 9.42 Å². The van der Waals surface area contributed by atoms with Crippen molar-refractivity contribution in [3.63, 3.8) is 0 Å². The molecule has 0 saturated carbocycles. The second-order valence-electron chi connectivity index (χ2n) is 7.96. The van der Waals surface area contributed by atoms with Crippen molar-refractivity contribution in [2.75, 3.05) is 6.54 Å². The summed E-state index contributed by atoms with van der Waals surface area (Å²) in [5, 5.41) is 17.9. The lowest BCUT2D eigenvalue weighted by molar-refractivity contribution is 0.0740. The second kappa shape index (κ2) is 7.44. The number of hydrogen-bond donors (Lipinski definition) is 2. The van der Waals surface area contributed by atoms with Gasteiger partial charge in [-0.1, -0.05) is 11.6 Å². The summed E-state index contributed by atoms with van der Waals surface area (Å²) >= 11 is 6.29. The Bertz CT molecular complexity index is 1210. The molecule has 0 aliphatic carbocycles. The molecule has 2 aromatic heterocycles. The lowest BCUT2D eigenvalue weighted by Crippen LogP contribution is -2.30. The van der Waals surface area contributed by atoms with E-state index in [-0.39, 0.29) is 17.2 Å². The molecule has 0 unspecified atom stereocenters. The summed E-state index contributed by atoms with van der Waals surface area (Å²) in [6, 6.07) is 3.86. The van der Waals surface area contributed by atoms with Crippen LogP contribution in [0.15, 0.2) is 18.2 Å². The molecule has 8 nitrogen and oxygen atoms in total. The number of benzene rings is 1. The molecule has 1 amide bonds. The molecule has 2 atom stereocenters. The second-order valence-corrected chi connectivity index (χ2v) is 8.34. The van der Waals surface area contributed by atoms with Crippen LogP contribution < -0.4 is 10.1 Å². The monoisotopic (exact) mass is 445 g/mol. The van der Waals surface area contributed by atoms with Gasteiger partial charge in [-0.2, -0.15) is 5.10 Å². The maximum atomic E-state index is 13.9. The van der Waals surface area contributed by atoms with Gasteiger partial charge in [-0.15, -0.1) is 0 Å². The van der Waals surface area contributed by atoms with E-state index in [0.29, 0.717) is 42.4 Å². The third kappa shape index (κ3) is 3.42. The number of β-amino-alcohol motifs (C(OH)–C–C–N with tert-alkyl or cyclic N) is 1. The van der Waals surface area contributed by atoms with Gasteiger partial charge in [0.15, 0.2) is 11.9 Å². The Morgan fingerprint density at radius 1 is 1.35 bits per heavy atom. The molecule has 0 spiro atoms. The molecular formula is C21H21ClFN5O3. The van der Waals surface area contributed by atoms with E-state index in [1.807, 2.05) is 13.8 Å². The van der Waals surface area contributed by atoms with Crippen molar-refractivity contribution in [2.45, 2.75) is 45.7 Å². The van der Waals surface area contributed by atoms with Gasteiger partial charge in [-0.3, -0.25) is 10.1 Å². The fraction of sp³-hybridized carbons (Fsp3) is 0.381. The summed E-state index contributed by atoms with van der Waals surface area (Å²) in [5.41, 5.74) is 4.09. The van der Waals surface area contributed by atoms with Crippen LogP contribution in [0.5, 0.6) is 5.75 Å². The zero-order chi connectivity index (χ0) is 21.9. The number of aryl methyl sites for hydroxylation is 2. The molecule has 1 saturated heterocycles. The molecule has 2 aliphatic heterocycles. The Labute approximate surface area is 182 Å².